The summed E-state index contributed by atoms with van der Waals surface area (Å²) in [6.07, 6.45) is 0.0747. The maximum Gasteiger partial charge on any atom is 0.330 e. The lowest BCUT2D eigenvalue weighted by Gasteiger charge is -2.43. The van der Waals surface area contributed by atoms with Crippen molar-refractivity contribution in [2.24, 2.45) is 5.92 Å². The van der Waals surface area contributed by atoms with Crippen molar-refractivity contribution in [2.75, 3.05) is 13.7 Å². The molecule has 0 saturated carbocycles. The van der Waals surface area contributed by atoms with Crippen molar-refractivity contribution in [1.82, 2.24) is 4.90 Å². The second-order valence-electron chi connectivity index (χ2n) is 7.45. The molecule has 1 aromatic carbocycles. The normalized spacial score (nSPS) is 25.2. The third-order valence-corrected chi connectivity index (χ3v) is 6.93. The number of ketones is 1. The number of methoxy groups -OCH3 is 1. The minimum Gasteiger partial charge on any atom is -0.497 e. The Morgan fingerprint density at radius 2 is 1.83 bits per heavy atom. The Hall–Kier alpha value is -1.15. The highest BCUT2D eigenvalue weighted by Gasteiger charge is 2.64. The van der Waals surface area contributed by atoms with Crippen LogP contribution in [0.3, 0.4) is 0 Å². The van der Waals surface area contributed by atoms with Gasteiger partial charge in [0.05, 0.1) is 18.4 Å². The van der Waals surface area contributed by atoms with Crippen LogP contribution in [0.1, 0.15) is 30.6 Å². The van der Waals surface area contributed by atoms with Crippen LogP contribution in [0, 0.1) is 5.92 Å². The van der Waals surface area contributed by atoms with Gasteiger partial charge in [0, 0.05) is 16.7 Å². The van der Waals surface area contributed by atoms with E-state index >= 15 is 0 Å². The second kappa shape index (κ2) is 8.17. The first-order valence-corrected chi connectivity index (χ1v) is 10.9. The summed E-state index contributed by atoms with van der Waals surface area (Å²) in [5.74, 6) is -0.835. The molecule has 29 heavy (non-hydrogen) atoms. The Labute approximate surface area is 188 Å². The van der Waals surface area contributed by atoms with Crippen LogP contribution in [0.25, 0.3) is 0 Å². The van der Waals surface area contributed by atoms with Gasteiger partial charge < -0.3 is 14.4 Å². The van der Waals surface area contributed by atoms with E-state index in [0.717, 1.165) is 0 Å². The number of thioether (sulfide) groups is 1. The highest BCUT2D eigenvalue weighted by atomic mass is 35.6. The van der Waals surface area contributed by atoms with Gasteiger partial charge in [-0.2, -0.15) is 0 Å². The Morgan fingerprint density at radius 3 is 2.38 bits per heavy atom. The number of amides is 1. The predicted molar refractivity (Wildman–Crippen MR) is 113 cm³/mol. The molecule has 2 fully saturated rings. The first kappa shape index (κ1) is 22.5. The molecule has 2 saturated heterocycles. The van der Waals surface area contributed by atoms with Gasteiger partial charge in [-0.3, -0.25) is 9.59 Å². The number of Topliss-reactive ketones (excluding diaryl/α,β-unsaturated/α-hetero) is 1. The Bertz CT molecular complexity index is 824. The fourth-order valence-corrected chi connectivity index (χ4v) is 5.43. The number of carbonyl (C=O) groups is 3. The van der Waals surface area contributed by atoms with Crippen molar-refractivity contribution in [1.29, 1.82) is 0 Å². The summed E-state index contributed by atoms with van der Waals surface area (Å²) in [5.41, 5.74) is 0.512. The van der Waals surface area contributed by atoms with E-state index in [4.69, 9.17) is 44.3 Å². The van der Waals surface area contributed by atoms with Crippen LogP contribution in [0.2, 0.25) is 0 Å². The number of ether oxygens (including phenoxy) is 2. The van der Waals surface area contributed by atoms with Crippen molar-refractivity contribution in [3.63, 3.8) is 0 Å². The molecule has 0 N–H and O–H groups in total. The standard InChI is InChI=1S/C19H20Cl3NO5S/c1-18(2)14(17(26)28-9-19(20,21)22)23-15(25)12(16(23)29-18)8-13(24)10-4-6-11(27-3)7-5-10/h4-7,12,14,16H,8-9H2,1-3H3/t12-,14+,16-/m1/s1. The minimum absolute atomic E-state index is 0.0747. The number of esters is 1. The average molecular weight is 481 g/mol. The van der Waals surface area contributed by atoms with E-state index in [-0.39, 0.29) is 23.5 Å². The fraction of sp³-hybridized carbons (Fsp3) is 0.526. The smallest absolute Gasteiger partial charge is 0.330 e. The van der Waals surface area contributed by atoms with Gasteiger partial charge in [-0.1, -0.05) is 34.8 Å². The second-order valence-corrected chi connectivity index (χ2v) is 11.7. The fourth-order valence-electron chi connectivity index (χ4n) is 3.59. The molecule has 2 aliphatic rings. The monoisotopic (exact) mass is 479 g/mol. The lowest BCUT2D eigenvalue weighted by Crippen LogP contribution is -2.63. The number of benzene rings is 1. The first-order chi connectivity index (χ1) is 13.4. The molecule has 0 aliphatic carbocycles. The molecule has 2 heterocycles. The van der Waals surface area contributed by atoms with Crippen molar-refractivity contribution < 1.29 is 23.9 Å². The number of hydrogen-bond donors (Lipinski definition) is 0. The van der Waals surface area contributed by atoms with Crippen molar-refractivity contribution in [2.45, 2.75) is 40.2 Å². The molecular formula is C19H20Cl3NO5S. The van der Waals surface area contributed by atoms with E-state index in [2.05, 4.69) is 0 Å². The highest BCUT2D eigenvalue weighted by molar-refractivity contribution is 8.01. The lowest BCUT2D eigenvalue weighted by molar-refractivity contribution is -0.166. The average Bonchev–Trinajstić information content (AvgIpc) is 2.91. The summed E-state index contributed by atoms with van der Waals surface area (Å²) in [5, 5.41) is -0.273. The van der Waals surface area contributed by atoms with Crippen LogP contribution in [-0.2, 0) is 14.3 Å². The number of nitrogens with zero attached hydrogens (tertiary/aromatic N) is 1. The van der Waals surface area contributed by atoms with Crippen LogP contribution in [0.5, 0.6) is 5.75 Å². The van der Waals surface area contributed by atoms with Gasteiger partial charge in [-0.05, 0) is 38.1 Å². The lowest BCUT2D eigenvalue weighted by atomic mass is 9.87. The van der Waals surface area contributed by atoms with Gasteiger partial charge in [0.1, 0.15) is 18.4 Å². The van der Waals surface area contributed by atoms with E-state index in [9.17, 15) is 14.4 Å². The molecule has 158 valence electrons. The molecule has 0 spiro atoms. The number of fused-ring (bicyclic) bond motifs is 1. The Morgan fingerprint density at radius 1 is 1.21 bits per heavy atom. The van der Waals surface area contributed by atoms with E-state index < -0.39 is 33.1 Å². The molecular weight excluding hydrogens is 461 g/mol. The third kappa shape index (κ3) is 4.63. The zero-order valence-electron chi connectivity index (χ0n) is 16.0. The summed E-state index contributed by atoms with van der Waals surface area (Å²) in [6, 6.07) is 5.94. The van der Waals surface area contributed by atoms with Gasteiger partial charge in [0.25, 0.3) is 0 Å². The highest BCUT2D eigenvalue weighted by Crippen LogP contribution is 2.54. The summed E-state index contributed by atoms with van der Waals surface area (Å²) < 4.78 is 7.88. The summed E-state index contributed by atoms with van der Waals surface area (Å²) >= 11 is 18.4. The van der Waals surface area contributed by atoms with Crippen LogP contribution in [0.15, 0.2) is 24.3 Å². The Balaban J connectivity index is 1.68. The van der Waals surface area contributed by atoms with Gasteiger partial charge in [-0.25, -0.2) is 4.79 Å². The first-order valence-electron chi connectivity index (χ1n) is 8.85. The largest absolute Gasteiger partial charge is 0.497 e. The quantitative estimate of drug-likeness (QED) is 0.266. The Kier molecular flexibility index (Phi) is 6.35. The molecule has 0 radical (unpaired) electrons. The van der Waals surface area contributed by atoms with Crippen LogP contribution in [-0.4, -0.2) is 56.2 Å². The van der Waals surface area contributed by atoms with Crippen LogP contribution >= 0.6 is 46.6 Å². The van der Waals surface area contributed by atoms with Gasteiger partial charge in [0.2, 0.25) is 9.70 Å². The molecule has 1 aromatic rings. The minimum atomic E-state index is -1.72. The van der Waals surface area contributed by atoms with E-state index in [0.29, 0.717) is 11.3 Å². The molecule has 0 bridgehead atoms. The molecule has 3 atom stereocenters. The third-order valence-electron chi connectivity index (χ3n) is 4.97. The molecule has 0 aromatic heterocycles. The maximum atomic E-state index is 12.8. The maximum absolute atomic E-state index is 12.8. The number of hydrogen-bond acceptors (Lipinski definition) is 6. The van der Waals surface area contributed by atoms with E-state index in [1.54, 1.807) is 31.4 Å². The van der Waals surface area contributed by atoms with E-state index in [1.807, 2.05) is 13.8 Å². The topological polar surface area (TPSA) is 72.9 Å². The SMILES string of the molecule is COc1ccc(C(=O)C[C@@H]2C(=O)N3[C@@H]2SC(C)(C)[C@@H]3C(=O)OCC(Cl)(Cl)Cl)cc1. The molecule has 0 unspecified atom stereocenters. The number of alkyl halides is 3. The zero-order chi connectivity index (χ0) is 21.6. The van der Waals surface area contributed by atoms with Crippen LogP contribution < -0.4 is 4.74 Å². The predicted octanol–water partition coefficient (Wildman–Crippen LogP) is 3.86. The molecule has 10 heteroatoms. The van der Waals surface area contributed by atoms with Gasteiger partial charge >= 0.3 is 5.97 Å². The molecule has 6 nitrogen and oxygen atoms in total. The number of β-lactam (4-membered cyclic amide) rings is 1. The number of carbonyl (C=O) groups excluding carboxylic acids is 3. The van der Waals surface area contributed by atoms with Gasteiger partial charge in [-0.15, -0.1) is 11.8 Å². The van der Waals surface area contributed by atoms with Crippen LogP contribution in [0.4, 0.5) is 0 Å². The molecule has 3 rings (SSSR count). The molecule has 1 amide bonds. The summed E-state index contributed by atoms with van der Waals surface area (Å²) in [6.45, 7) is 3.31. The van der Waals surface area contributed by atoms with Crippen molar-refractivity contribution >= 4 is 64.2 Å². The number of halogens is 3. The van der Waals surface area contributed by atoms with E-state index in [1.165, 1.54) is 16.7 Å². The van der Waals surface area contributed by atoms with Crippen molar-refractivity contribution in [3.05, 3.63) is 29.8 Å². The summed E-state index contributed by atoms with van der Waals surface area (Å²) in [7, 11) is 1.55. The van der Waals surface area contributed by atoms with Crippen molar-refractivity contribution in [3.8, 4) is 5.75 Å². The number of rotatable bonds is 6. The summed E-state index contributed by atoms with van der Waals surface area (Å²) in [4.78, 5) is 39.4. The molecule has 2 aliphatic heterocycles. The zero-order valence-corrected chi connectivity index (χ0v) is 19.1. The van der Waals surface area contributed by atoms with Gasteiger partial charge in [0.15, 0.2) is 5.78 Å².